The third-order valence-electron chi connectivity index (χ3n) is 3.40. The highest BCUT2D eigenvalue weighted by Gasteiger charge is 2.28. The van der Waals surface area contributed by atoms with Gasteiger partial charge in [0.05, 0.1) is 4.90 Å². The molecule has 0 saturated carbocycles. The fourth-order valence-corrected chi connectivity index (χ4v) is 3.76. The van der Waals surface area contributed by atoms with E-state index in [0.717, 1.165) is 4.47 Å². The Hall–Kier alpha value is -2.38. The van der Waals surface area contributed by atoms with Crippen molar-refractivity contribution in [2.24, 2.45) is 0 Å². The molecule has 3 rings (SSSR count). The lowest BCUT2D eigenvalue weighted by molar-refractivity contribution is 0.579. The number of hydrogen-bond donors (Lipinski definition) is 1. The smallest absolute Gasteiger partial charge is 0.234 e. The second kappa shape index (κ2) is 7.25. The van der Waals surface area contributed by atoms with Gasteiger partial charge in [0.2, 0.25) is 26.6 Å². The molecule has 2 aromatic carbocycles. The van der Waals surface area contributed by atoms with E-state index in [1.165, 1.54) is 12.1 Å². The van der Waals surface area contributed by atoms with Gasteiger partial charge in [-0.1, -0.05) is 40.2 Å². The molecule has 0 aliphatic rings. The van der Waals surface area contributed by atoms with Crippen LogP contribution in [0.2, 0.25) is 0 Å². The van der Waals surface area contributed by atoms with Crippen LogP contribution < -0.4 is 5.32 Å². The Labute approximate surface area is 154 Å². The van der Waals surface area contributed by atoms with E-state index in [9.17, 15) is 8.42 Å². The van der Waals surface area contributed by atoms with E-state index in [0.29, 0.717) is 12.1 Å². The lowest BCUT2D eigenvalue weighted by Crippen LogP contribution is -2.07. The quantitative estimate of drug-likeness (QED) is 0.595. The minimum Gasteiger partial charge on any atom is -0.419 e. The summed E-state index contributed by atoms with van der Waals surface area (Å²) in [7, 11) is -3.81. The minimum absolute atomic E-state index is 0.0988. The second-order valence-corrected chi connectivity index (χ2v) is 7.93. The zero-order chi connectivity index (χ0) is 17.9. The van der Waals surface area contributed by atoms with Crippen molar-refractivity contribution >= 4 is 31.7 Å². The summed E-state index contributed by atoms with van der Waals surface area (Å²) in [6, 6.07) is 15.4. The summed E-state index contributed by atoms with van der Waals surface area (Å²) in [5.41, 5.74) is 0.680. The molecule has 0 aliphatic heterocycles. The van der Waals surface area contributed by atoms with Gasteiger partial charge in [-0.15, -0.1) is 6.58 Å². The summed E-state index contributed by atoms with van der Waals surface area (Å²) in [6.07, 6.45) is 1.61. The average Bonchev–Trinajstić information content (AvgIpc) is 3.06. The van der Waals surface area contributed by atoms with Crippen molar-refractivity contribution in [2.45, 2.75) is 9.92 Å². The highest BCUT2D eigenvalue weighted by atomic mass is 79.9. The third-order valence-corrected chi connectivity index (χ3v) is 5.61. The SMILES string of the molecule is C=CCNc1oc(-c2ccc(Br)cc2)nc1S(=O)(=O)c1ccccc1. The summed E-state index contributed by atoms with van der Waals surface area (Å²) in [5.74, 6) is 0.329. The maximum Gasteiger partial charge on any atom is 0.234 e. The topological polar surface area (TPSA) is 72.2 Å². The van der Waals surface area contributed by atoms with Gasteiger partial charge in [-0.3, -0.25) is 0 Å². The number of nitrogens with one attached hydrogen (secondary N) is 1. The first-order valence-electron chi connectivity index (χ1n) is 7.44. The number of nitrogens with zero attached hydrogens (tertiary/aromatic N) is 1. The van der Waals surface area contributed by atoms with E-state index in [1.54, 1.807) is 36.4 Å². The standard InChI is InChI=1S/C18H15BrN2O3S/c1-2-12-20-17-18(25(22,23)15-6-4-3-5-7-15)21-16(24-17)13-8-10-14(19)11-9-13/h2-11,20H,1,12H2. The first-order valence-corrected chi connectivity index (χ1v) is 9.71. The van der Waals surface area contributed by atoms with E-state index in [1.807, 2.05) is 12.1 Å². The van der Waals surface area contributed by atoms with Crippen LogP contribution in [0.25, 0.3) is 11.5 Å². The normalized spacial score (nSPS) is 11.2. The van der Waals surface area contributed by atoms with Gasteiger partial charge in [0.15, 0.2) is 0 Å². The Balaban J connectivity index is 2.11. The molecule has 0 atom stereocenters. The van der Waals surface area contributed by atoms with E-state index in [2.05, 4.69) is 32.8 Å². The average molecular weight is 419 g/mol. The molecule has 0 unspecified atom stereocenters. The number of sulfone groups is 1. The van der Waals surface area contributed by atoms with Crippen LogP contribution in [0.4, 0.5) is 5.88 Å². The maximum atomic E-state index is 12.9. The predicted molar refractivity (Wildman–Crippen MR) is 100 cm³/mol. The second-order valence-electron chi connectivity index (χ2n) is 5.15. The van der Waals surface area contributed by atoms with Gasteiger partial charge >= 0.3 is 0 Å². The summed E-state index contributed by atoms with van der Waals surface area (Å²) < 4.78 is 32.4. The van der Waals surface area contributed by atoms with Crippen LogP contribution >= 0.6 is 15.9 Å². The zero-order valence-electron chi connectivity index (χ0n) is 13.1. The molecule has 25 heavy (non-hydrogen) atoms. The number of oxazole rings is 1. The van der Waals surface area contributed by atoms with Crippen LogP contribution in [-0.4, -0.2) is 19.9 Å². The Morgan fingerprint density at radius 3 is 2.44 bits per heavy atom. The van der Waals surface area contributed by atoms with Crippen LogP contribution in [0.15, 0.2) is 86.1 Å². The molecule has 0 amide bonds. The molecule has 128 valence electrons. The van der Waals surface area contributed by atoms with E-state index < -0.39 is 9.84 Å². The van der Waals surface area contributed by atoms with Crippen LogP contribution in [0.3, 0.4) is 0 Å². The molecule has 5 nitrogen and oxygen atoms in total. The fraction of sp³-hybridized carbons (Fsp3) is 0.0556. The van der Waals surface area contributed by atoms with E-state index in [4.69, 9.17) is 4.42 Å². The zero-order valence-corrected chi connectivity index (χ0v) is 15.5. The Kier molecular flexibility index (Phi) is 5.06. The van der Waals surface area contributed by atoms with E-state index >= 15 is 0 Å². The van der Waals surface area contributed by atoms with Gasteiger partial charge in [0.1, 0.15) is 0 Å². The summed E-state index contributed by atoms with van der Waals surface area (Å²) in [6.45, 7) is 3.97. The molecule has 0 aliphatic carbocycles. The van der Waals surface area contributed by atoms with Gasteiger partial charge in [-0.25, -0.2) is 8.42 Å². The van der Waals surface area contributed by atoms with Gasteiger partial charge in [0.25, 0.3) is 0 Å². The maximum absolute atomic E-state index is 12.9. The number of aromatic nitrogens is 1. The van der Waals surface area contributed by atoms with Crippen molar-refractivity contribution in [3.63, 3.8) is 0 Å². The van der Waals surface area contributed by atoms with Crippen molar-refractivity contribution in [1.29, 1.82) is 0 Å². The lowest BCUT2D eigenvalue weighted by Gasteiger charge is -2.03. The van der Waals surface area contributed by atoms with Gasteiger partial charge in [0, 0.05) is 16.6 Å². The first-order chi connectivity index (χ1) is 12.0. The summed E-state index contributed by atoms with van der Waals surface area (Å²) in [4.78, 5) is 4.40. The number of halogens is 1. The summed E-state index contributed by atoms with van der Waals surface area (Å²) in [5, 5.41) is 2.76. The van der Waals surface area contributed by atoms with Crippen LogP contribution in [0.1, 0.15) is 0 Å². The Bertz CT molecular complexity index is 981. The largest absolute Gasteiger partial charge is 0.419 e. The third kappa shape index (κ3) is 3.67. The molecule has 0 fully saturated rings. The monoisotopic (exact) mass is 418 g/mol. The number of rotatable bonds is 6. The van der Waals surface area contributed by atoms with Crippen LogP contribution in [0, 0.1) is 0 Å². The molecule has 0 spiro atoms. The predicted octanol–water partition coefficient (Wildman–Crippen LogP) is 4.53. The summed E-state index contributed by atoms with van der Waals surface area (Å²) >= 11 is 3.36. The fourth-order valence-electron chi connectivity index (χ4n) is 2.19. The molecule has 1 N–H and O–H groups in total. The number of anilines is 1. The number of hydrogen-bond acceptors (Lipinski definition) is 5. The van der Waals surface area contributed by atoms with Crippen molar-refractivity contribution < 1.29 is 12.8 Å². The van der Waals surface area contributed by atoms with Crippen molar-refractivity contribution in [1.82, 2.24) is 4.98 Å². The molecule has 0 radical (unpaired) electrons. The Morgan fingerprint density at radius 2 is 1.80 bits per heavy atom. The van der Waals surface area contributed by atoms with E-state index in [-0.39, 0.29) is 21.7 Å². The van der Waals surface area contributed by atoms with Crippen molar-refractivity contribution in [3.8, 4) is 11.5 Å². The highest BCUT2D eigenvalue weighted by Crippen LogP contribution is 2.32. The molecule has 3 aromatic rings. The highest BCUT2D eigenvalue weighted by molar-refractivity contribution is 9.10. The minimum atomic E-state index is -3.81. The molecular weight excluding hydrogens is 404 g/mol. The Morgan fingerprint density at radius 1 is 1.12 bits per heavy atom. The van der Waals surface area contributed by atoms with Crippen molar-refractivity contribution in [3.05, 3.63) is 71.7 Å². The number of benzene rings is 2. The molecule has 7 heteroatoms. The molecule has 1 aromatic heterocycles. The molecular formula is C18H15BrN2O3S. The van der Waals surface area contributed by atoms with Crippen LogP contribution in [-0.2, 0) is 9.84 Å². The first kappa shape index (κ1) is 17.4. The molecule has 0 bridgehead atoms. The molecule has 0 saturated heterocycles. The molecule has 1 heterocycles. The van der Waals surface area contributed by atoms with Crippen molar-refractivity contribution in [2.75, 3.05) is 11.9 Å². The van der Waals surface area contributed by atoms with Gasteiger partial charge in [-0.2, -0.15) is 4.98 Å². The van der Waals surface area contributed by atoms with Gasteiger partial charge < -0.3 is 9.73 Å². The van der Waals surface area contributed by atoms with Crippen LogP contribution in [0.5, 0.6) is 0 Å². The lowest BCUT2D eigenvalue weighted by atomic mass is 10.2. The van der Waals surface area contributed by atoms with Gasteiger partial charge in [-0.05, 0) is 36.4 Å².